The van der Waals surface area contributed by atoms with E-state index in [4.69, 9.17) is 4.74 Å². The van der Waals surface area contributed by atoms with E-state index in [1.165, 1.54) is 47.4 Å². The Morgan fingerprint density at radius 2 is 1.78 bits per heavy atom. The minimum Gasteiger partial charge on any atom is -0.474 e. The highest BCUT2D eigenvalue weighted by atomic mass is 32.2. The number of hydrogen-bond donors (Lipinski definition) is 2. The smallest absolute Gasteiger partial charge is 0.270 e. The summed E-state index contributed by atoms with van der Waals surface area (Å²) in [6.45, 7) is 3.18. The molecule has 0 spiro atoms. The molecule has 2 aromatic carbocycles. The van der Waals surface area contributed by atoms with Crippen LogP contribution >= 0.6 is 11.8 Å². The summed E-state index contributed by atoms with van der Waals surface area (Å²) >= 11 is 1.76. The molecule has 1 aliphatic heterocycles. The molecular weight excluding hydrogens is 482 g/mol. The molecular formula is C30H33N3O3S. The summed E-state index contributed by atoms with van der Waals surface area (Å²) in [6, 6.07) is 18.2. The SMILES string of the molecule is CCSc1ccc([C@H](CO)NC(=O)c2ccc3c(n2)OCCN3c2cc(C3CC3)cc(C3CC3)c2)cc1. The van der Waals surface area contributed by atoms with Gasteiger partial charge in [-0.05, 0) is 96.4 Å². The summed E-state index contributed by atoms with van der Waals surface area (Å²) in [5.74, 6) is 2.54. The number of anilines is 2. The standard InChI is InChI=1S/C30H33N3O3S/c1-2-37-25-9-7-21(8-10-25)27(18-34)31-29(35)26-11-12-28-30(32-26)36-14-13-33(28)24-16-22(19-3-4-19)15-23(17-24)20-5-6-20/h7-12,15-17,19-20,27,34H,2-6,13-14,18H2,1H3,(H,31,35)/t27-/m0/s1. The maximum Gasteiger partial charge on any atom is 0.270 e. The number of benzene rings is 2. The van der Waals surface area contributed by atoms with Gasteiger partial charge in [0.2, 0.25) is 5.88 Å². The molecule has 2 fully saturated rings. The molecule has 3 aliphatic rings. The van der Waals surface area contributed by atoms with Crippen molar-refractivity contribution in [1.82, 2.24) is 10.3 Å². The van der Waals surface area contributed by atoms with Gasteiger partial charge in [-0.3, -0.25) is 4.79 Å². The van der Waals surface area contributed by atoms with Crippen molar-refractivity contribution in [3.63, 3.8) is 0 Å². The number of amides is 1. The first-order valence-electron chi connectivity index (χ1n) is 13.3. The first kappa shape index (κ1) is 24.3. The molecule has 1 amide bonds. The third-order valence-corrected chi connectivity index (χ3v) is 8.26. The van der Waals surface area contributed by atoms with Crippen molar-refractivity contribution in [1.29, 1.82) is 0 Å². The number of nitrogens with one attached hydrogen (secondary N) is 1. The van der Waals surface area contributed by atoms with E-state index in [9.17, 15) is 9.90 Å². The lowest BCUT2D eigenvalue weighted by molar-refractivity contribution is 0.0910. The minimum atomic E-state index is -0.505. The minimum absolute atomic E-state index is 0.193. The Balaban J connectivity index is 1.22. The van der Waals surface area contributed by atoms with Gasteiger partial charge in [0.1, 0.15) is 18.0 Å². The first-order chi connectivity index (χ1) is 18.1. The van der Waals surface area contributed by atoms with Gasteiger partial charge in [0.05, 0.1) is 19.2 Å². The summed E-state index contributed by atoms with van der Waals surface area (Å²) in [6.07, 6.45) is 5.13. The number of carbonyl (C=O) groups excluding carboxylic acids is 1. The number of hydrogen-bond acceptors (Lipinski definition) is 6. The fourth-order valence-electron chi connectivity index (χ4n) is 5.04. The summed E-state index contributed by atoms with van der Waals surface area (Å²) < 4.78 is 5.91. The zero-order chi connectivity index (χ0) is 25.4. The zero-order valence-electron chi connectivity index (χ0n) is 21.2. The lowest BCUT2D eigenvalue weighted by atomic mass is 10.0. The molecule has 2 saturated carbocycles. The quantitative estimate of drug-likeness (QED) is 0.344. The molecule has 0 bridgehead atoms. The van der Waals surface area contributed by atoms with Crippen molar-refractivity contribution in [3.05, 3.63) is 77.0 Å². The van der Waals surface area contributed by atoms with Crippen LogP contribution in [0.3, 0.4) is 0 Å². The van der Waals surface area contributed by atoms with Gasteiger partial charge in [0, 0.05) is 10.6 Å². The van der Waals surface area contributed by atoms with Crippen LogP contribution < -0.4 is 15.0 Å². The molecule has 0 radical (unpaired) electrons. The first-order valence-corrected chi connectivity index (χ1v) is 14.3. The van der Waals surface area contributed by atoms with Gasteiger partial charge >= 0.3 is 0 Å². The largest absolute Gasteiger partial charge is 0.474 e. The number of rotatable bonds is 9. The number of aromatic nitrogens is 1. The Bertz CT molecular complexity index is 1260. The number of nitrogens with zero attached hydrogens (tertiary/aromatic N) is 2. The van der Waals surface area contributed by atoms with Crippen LogP contribution in [0.1, 0.15) is 77.7 Å². The Morgan fingerprint density at radius 1 is 1.08 bits per heavy atom. The fraction of sp³-hybridized carbons (Fsp3) is 0.400. The van der Waals surface area contributed by atoms with Crippen LogP contribution in [-0.4, -0.2) is 41.5 Å². The van der Waals surface area contributed by atoms with Crippen LogP contribution in [0.2, 0.25) is 0 Å². The van der Waals surface area contributed by atoms with Crippen LogP contribution in [0.15, 0.2) is 59.5 Å². The third kappa shape index (κ3) is 5.34. The Hall–Kier alpha value is -3.03. The number of fused-ring (bicyclic) bond motifs is 1. The predicted octanol–water partition coefficient (Wildman–Crippen LogP) is 5.94. The maximum absolute atomic E-state index is 13.1. The second-order valence-electron chi connectivity index (χ2n) is 10.1. The summed E-state index contributed by atoms with van der Waals surface area (Å²) in [7, 11) is 0. The second kappa shape index (κ2) is 10.4. The molecule has 7 heteroatoms. The average Bonchev–Trinajstić information content (AvgIpc) is 3.84. The fourth-order valence-corrected chi connectivity index (χ4v) is 5.70. The van der Waals surface area contributed by atoms with Gasteiger partial charge in [-0.2, -0.15) is 0 Å². The van der Waals surface area contributed by atoms with E-state index in [1.54, 1.807) is 17.8 Å². The van der Waals surface area contributed by atoms with Crippen molar-refractivity contribution in [2.45, 2.75) is 55.4 Å². The molecule has 2 heterocycles. The van der Waals surface area contributed by atoms with E-state index < -0.39 is 6.04 Å². The highest BCUT2D eigenvalue weighted by molar-refractivity contribution is 7.99. The number of aliphatic hydroxyl groups excluding tert-OH is 1. The van der Waals surface area contributed by atoms with E-state index in [0.29, 0.717) is 24.3 Å². The molecule has 0 unspecified atom stereocenters. The Morgan fingerprint density at radius 3 is 2.41 bits per heavy atom. The number of ether oxygens (including phenoxy) is 1. The van der Waals surface area contributed by atoms with E-state index in [1.807, 2.05) is 30.3 Å². The normalized spacial score (nSPS) is 17.6. The summed E-state index contributed by atoms with van der Waals surface area (Å²) in [5.41, 5.74) is 6.13. The number of aliphatic hydroxyl groups is 1. The number of pyridine rings is 1. The molecule has 6 rings (SSSR count). The van der Waals surface area contributed by atoms with Crippen molar-refractivity contribution >= 4 is 29.0 Å². The number of carbonyl (C=O) groups is 1. The van der Waals surface area contributed by atoms with Crippen molar-refractivity contribution in [2.75, 3.05) is 30.4 Å². The molecule has 0 saturated heterocycles. The Kier molecular flexibility index (Phi) is 6.82. The van der Waals surface area contributed by atoms with Gasteiger partial charge in [-0.1, -0.05) is 25.1 Å². The Labute approximate surface area is 222 Å². The van der Waals surface area contributed by atoms with E-state index in [2.05, 4.69) is 40.3 Å². The molecule has 2 aliphatic carbocycles. The third-order valence-electron chi connectivity index (χ3n) is 7.37. The molecule has 1 atom stereocenters. The van der Waals surface area contributed by atoms with Crippen molar-refractivity contribution in [3.8, 4) is 5.88 Å². The molecule has 6 nitrogen and oxygen atoms in total. The topological polar surface area (TPSA) is 74.7 Å². The molecule has 37 heavy (non-hydrogen) atoms. The van der Waals surface area contributed by atoms with E-state index in [0.717, 1.165) is 23.5 Å². The van der Waals surface area contributed by atoms with Gasteiger partial charge < -0.3 is 20.1 Å². The van der Waals surface area contributed by atoms with Crippen LogP contribution in [0.4, 0.5) is 11.4 Å². The van der Waals surface area contributed by atoms with E-state index >= 15 is 0 Å². The van der Waals surface area contributed by atoms with Crippen LogP contribution in [-0.2, 0) is 0 Å². The lowest BCUT2D eigenvalue weighted by Gasteiger charge is -2.31. The predicted molar refractivity (Wildman–Crippen MR) is 147 cm³/mol. The molecule has 2 N–H and O–H groups in total. The van der Waals surface area contributed by atoms with Gasteiger partial charge in [0.15, 0.2) is 0 Å². The second-order valence-corrected chi connectivity index (χ2v) is 11.5. The van der Waals surface area contributed by atoms with Gasteiger partial charge in [-0.15, -0.1) is 11.8 Å². The summed E-state index contributed by atoms with van der Waals surface area (Å²) in [5, 5.41) is 12.9. The summed E-state index contributed by atoms with van der Waals surface area (Å²) in [4.78, 5) is 21.1. The van der Waals surface area contributed by atoms with Crippen molar-refractivity contribution < 1.29 is 14.6 Å². The van der Waals surface area contributed by atoms with E-state index in [-0.39, 0.29) is 18.2 Å². The zero-order valence-corrected chi connectivity index (χ0v) is 22.0. The van der Waals surface area contributed by atoms with Crippen LogP contribution in [0.5, 0.6) is 5.88 Å². The highest BCUT2D eigenvalue weighted by Crippen LogP contribution is 2.47. The van der Waals surface area contributed by atoms with Crippen LogP contribution in [0, 0.1) is 0 Å². The maximum atomic E-state index is 13.1. The average molecular weight is 516 g/mol. The van der Waals surface area contributed by atoms with Crippen LogP contribution in [0.25, 0.3) is 0 Å². The van der Waals surface area contributed by atoms with Gasteiger partial charge in [-0.25, -0.2) is 4.98 Å². The highest BCUT2D eigenvalue weighted by Gasteiger charge is 2.31. The van der Waals surface area contributed by atoms with Crippen molar-refractivity contribution in [2.24, 2.45) is 0 Å². The molecule has 3 aromatic rings. The molecule has 192 valence electrons. The monoisotopic (exact) mass is 515 g/mol. The lowest BCUT2D eigenvalue weighted by Crippen LogP contribution is -2.33. The number of thioether (sulfide) groups is 1. The molecule has 1 aromatic heterocycles. The van der Waals surface area contributed by atoms with Gasteiger partial charge in [0.25, 0.3) is 5.91 Å².